The largest absolute Gasteiger partial charge is 0.550 e. The number of ether oxygens (including phenoxy) is 1. The van der Waals surface area contributed by atoms with Gasteiger partial charge in [-0.1, -0.05) is 66.7 Å². The number of hydrogen-bond donors (Lipinski definition) is 1. The van der Waals surface area contributed by atoms with Crippen molar-refractivity contribution in [3.8, 4) is 17.2 Å². The highest BCUT2D eigenvalue weighted by atomic mass is 16.5. The summed E-state index contributed by atoms with van der Waals surface area (Å²) in [6.07, 6.45) is -0.904. The lowest BCUT2D eigenvalue weighted by molar-refractivity contribution is -0.306. The van der Waals surface area contributed by atoms with Gasteiger partial charge in [-0.05, 0) is 40.3 Å². The normalized spacial score (nSPS) is 12.8. The van der Waals surface area contributed by atoms with E-state index in [1.165, 1.54) is 0 Å². The number of nitrogens with zero attached hydrogens (tertiary/aromatic N) is 1. The summed E-state index contributed by atoms with van der Waals surface area (Å²) < 4.78 is 5.52. The molecule has 0 aliphatic heterocycles. The van der Waals surface area contributed by atoms with Crippen LogP contribution in [0, 0.1) is 11.3 Å². The zero-order valence-electron chi connectivity index (χ0n) is 17.3. The fourth-order valence-corrected chi connectivity index (χ4v) is 4.25. The zero-order chi connectivity index (χ0) is 22.5. The fourth-order valence-electron chi connectivity index (χ4n) is 4.25. The third-order valence-electron chi connectivity index (χ3n) is 5.68. The summed E-state index contributed by atoms with van der Waals surface area (Å²) in [6, 6.07) is 24.2. The minimum atomic E-state index is -1.29. The molecule has 6 heteroatoms. The maximum absolute atomic E-state index is 12.5. The quantitative estimate of drug-likeness (QED) is 0.627. The molecule has 3 aromatic rings. The number of carboxylic acids is 1. The van der Waals surface area contributed by atoms with Crippen LogP contribution in [0.5, 0.6) is 0 Å². The average molecular weight is 425 g/mol. The molecule has 0 saturated carbocycles. The molecular weight excluding hydrogens is 404 g/mol. The van der Waals surface area contributed by atoms with Crippen molar-refractivity contribution < 1.29 is 19.4 Å². The number of rotatable bonds is 7. The molecule has 0 fully saturated rings. The van der Waals surface area contributed by atoms with Gasteiger partial charge >= 0.3 is 6.09 Å². The summed E-state index contributed by atoms with van der Waals surface area (Å²) in [6.45, 7) is 0.132. The van der Waals surface area contributed by atoms with Gasteiger partial charge in [-0.2, -0.15) is 5.26 Å². The van der Waals surface area contributed by atoms with Crippen LogP contribution < -0.4 is 10.4 Å². The van der Waals surface area contributed by atoms with E-state index in [1.54, 1.807) is 24.3 Å². The Morgan fingerprint density at radius 2 is 1.56 bits per heavy atom. The maximum Gasteiger partial charge on any atom is 0.407 e. The van der Waals surface area contributed by atoms with E-state index in [-0.39, 0.29) is 25.4 Å². The van der Waals surface area contributed by atoms with Crippen molar-refractivity contribution in [3.05, 3.63) is 95.1 Å². The van der Waals surface area contributed by atoms with E-state index in [9.17, 15) is 20.0 Å². The molecular formula is C26H21N2O4-. The minimum absolute atomic E-state index is 0.0907. The van der Waals surface area contributed by atoms with Crippen LogP contribution in [0.3, 0.4) is 0 Å². The smallest absolute Gasteiger partial charge is 0.407 e. The predicted octanol–water partition coefficient (Wildman–Crippen LogP) is 3.15. The van der Waals surface area contributed by atoms with Crippen LogP contribution in [0.1, 0.15) is 34.6 Å². The first-order valence-corrected chi connectivity index (χ1v) is 10.4. The second-order valence-corrected chi connectivity index (χ2v) is 7.72. The molecule has 160 valence electrons. The molecule has 0 radical (unpaired) electrons. The Labute approximate surface area is 186 Å². The molecule has 0 unspecified atom stereocenters. The minimum Gasteiger partial charge on any atom is -0.550 e. The Hall–Kier alpha value is -4.11. The summed E-state index contributed by atoms with van der Waals surface area (Å²) in [7, 11) is 0. The first-order chi connectivity index (χ1) is 15.6. The Morgan fingerprint density at radius 3 is 2.19 bits per heavy atom. The number of benzene rings is 3. The second-order valence-electron chi connectivity index (χ2n) is 7.72. The van der Waals surface area contributed by atoms with E-state index >= 15 is 0 Å². The number of nitrogens with one attached hydrogen (secondary N) is 1. The molecule has 1 aliphatic rings. The van der Waals surface area contributed by atoms with Gasteiger partial charge in [-0.25, -0.2) is 4.79 Å². The van der Waals surface area contributed by atoms with E-state index in [4.69, 9.17) is 4.74 Å². The number of carbonyl (C=O) groups excluding carboxylic acids is 2. The van der Waals surface area contributed by atoms with Gasteiger partial charge in [0.15, 0.2) is 0 Å². The van der Waals surface area contributed by atoms with Crippen LogP contribution in [-0.4, -0.2) is 24.7 Å². The summed E-state index contributed by atoms with van der Waals surface area (Å²) in [4.78, 5) is 23.8. The van der Waals surface area contributed by atoms with Crippen molar-refractivity contribution in [2.24, 2.45) is 0 Å². The maximum atomic E-state index is 12.5. The fraction of sp³-hybridized carbons (Fsp3) is 0.192. The molecule has 1 N–H and O–H groups in total. The van der Waals surface area contributed by atoms with Crippen LogP contribution in [0.25, 0.3) is 11.1 Å². The van der Waals surface area contributed by atoms with Gasteiger partial charge in [-0.15, -0.1) is 0 Å². The molecule has 0 heterocycles. The molecule has 6 nitrogen and oxygen atoms in total. The van der Waals surface area contributed by atoms with Crippen molar-refractivity contribution >= 4 is 12.1 Å². The first kappa shape index (κ1) is 21.1. The highest BCUT2D eigenvalue weighted by Gasteiger charge is 2.29. The first-order valence-electron chi connectivity index (χ1n) is 10.4. The van der Waals surface area contributed by atoms with E-state index in [0.29, 0.717) is 11.1 Å². The number of nitriles is 1. The molecule has 1 aliphatic carbocycles. The molecule has 0 spiro atoms. The molecule has 0 saturated heterocycles. The third-order valence-corrected chi connectivity index (χ3v) is 5.68. The summed E-state index contributed by atoms with van der Waals surface area (Å²) in [5.41, 5.74) is 5.52. The van der Waals surface area contributed by atoms with Crippen LogP contribution in [-0.2, 0) is 16.0 Å². The Bertz CT molecular complexity index is 1150. The van der Waals surface area contributed by atoms with Crippen molar-refractivity contribution in [1.29, 1.82) is 5.26 Å². The Balaban J connectivity index is 1.45. The highest BCUT2D eigenvalue weighted by Crippen LogP contribution is 2.44. The van der Waals surface area contributed by atoms with E-state index < -0.39 is 18.1 Å². The van der Waals surface area contributed by atoms with Gasteiger partial charge in [0.05, 0.1) is 11.6 Å². The molecule has 1 amide bonds. The van der Waals surface area contributed by atoms with Gasteiger partial charge in [0, 0.05) is 24.3 Å². The van der Waals surface area contributed by atoms with Crippen molar-refractivity contribution in [1.82, 2.24) is 5.32 Å². The topological polar surface area (TPSA) is 102 Å². The monoisotopic (exact) mass is 425 g/mol. The van der Waals surface area contributed by atoms with Crippen LogP contribution >= 0.6 is 0 Å². The van der Waals surface area contributed by atoms with Crippen LogP contribution in [0.4, 0.5) is 4.79 Å². The van der Waals surface area contributed by atoms with Crippen molar-refractivity contribution in [2.45, 2.75) is 24.8 Å². The van der Waals surface area contributed by atoms with Gasteiger partial charge < -0.3 is 20.0 Å². The number of amides is 1. The molecule has 0 bridgehead atoms. The Kier molecular flexibility index (Phi) is 6.18. The number of carboxylic acid groups (broad SMARTS) is 1. The standard InChI is InChI=1S/C26H22N2O4/c27-15-18-8-2-1-7-17(18)13-19(14-25(29)30)28-26(31)32-16-24-22-11-5-3-9-20(22)21-10-4-6-12-23(21)24/h1-12,19,24H,13-14,16H2,(H,28,31)(H,29,30)/p-1/t19-/m0/s1. The molecule has 32 heavy (non-hydrogen) atoms. The third kappa shape index (κ3) is 4.47. The lowest BCUT2D eigenvalue weighted by atomic mass is 9.98. The summed E-state index contributed by atoms with van der Waals surface area (Å²) in [5.74, 6) is -1.38. The summed E-state index contributed by atoms with van der Waals surface area (Å²) in [5, 5.41) is 23.1. The van der Waals surface area contributed by atoms with E-state index in [2.05, 4.69) is 23.5 Å². The number of alkyl carbamates (subject to hydrolysis) is 1. The number of carbonyl (C=O) groups is 2. The van der Waals surface area contributed by atoms with Gasteiger partial charge in [-0.3, -0.25) is 0 Å². The molecule has 0 aromatic heterocycles. The van der Waals surface area contributed by atoms with Crippen LogP contribution in [0.2, 0.25) is 0 Å². The Morgan fingerprint density at radius 1 is 0.969 bits per heavy atom. The van der Waals surface area contributed by atoms with Crippen molar-refractivity contribution in [2.75, 3.05) is 6.61 Å². The van der Waals surface area contributed by atoms with Gasteiger partial charge in [0.2, 0.25) is 0 Å². The highest BCUT2D eigenvalue weighted by molar-refractivity contribution is 5.79. The van der Waals surface area contributed by atoms with E-state index in [1.807, 2.05) is 36.4 Å². The SMILES string of the molecule is N#Cc1ccccc1C[C@@H](CC(=O)[O-])NC(=O)OCC1c2ccccc2-c2ccccc21. The lowest BCUT2D eigenvalue weighted by Crippen LogP contribution is -2.41. The van der Waals surface area contributed by atoms with Gasteiger partial charge in [0.1, 0.15) is 6.61 Å². The predicted molar refractivity (Wildman–Crippen MR) is 116 cm³/mol. The zero-order valence-corrected chi connectivity index (χ0v) is 17.3. The van der Waals surface area contributed by atoms with E-state index in [0.717, 1.165) is 22.3 Å². The van der Waals surface area contributed by atoms with Crippen LogP contribution in [0.15, 0.2) is 72.8 Å². The number of fused-ring (bicyclic) bond motifs is 3. The molecule has 3 aromatic carbocycles. The van der Waals surface area contributed by atoms with Gasteiger partial charge in [0.25, 0.3) is 0 Å². The number of aliphatic carboxylic acids is 1. The van der Waals surface area contributed by atoms with Crippen molar-refractivity contribution in [3.63, 3.8) is 0 Å². The average Bonchev–Trinajstić information content (AvgIpc) is 3.11. The molecule has 1 atom stereocenters. The lowest BCUT2D eigenvalue weighted by Gasteiger charge is -2.21. The summed E-state index contributed by atoms with van der Waals surface area (Å²) >= 11 is 0. The molecule has 4 rings (SSSR count). The number of hydrogen-bond acceptors (Lipinski definition) is 5. The second kappa shape index (κ2) is 9.36.